The first kappa shape index (κ1) is 19.0. The topological polar surface area (TPSA) is 35.9 Å². The van der Waals surface area contributed by atoms with Crippen molar-refractivity contribution in [2.45, 2.75) is 6.42 Å². The van der Waals surface area contributed by atoms with Crippen molar-refractivity contribution >= 4 is 43.6 Å². The Bertz CT molecular complexity index is 1840. The van der Waals surface area contributed by atoms with Crippen molar-refractivity contribution in [3.8, 4) is 5.69 Å². The number of aromatic nitrogens is 2. The third-order valence-electron chi connectivity index (χ3n) is 6.96. The zero-order valence-electron chi connectivity index (χ0n) is 18.6. The number of nitrogen functional groups attached to an aromatic ring is 1. The van der Waals surface area contributed by atoms with Crippen LogP contribution in [0.15, 0.2) is 115 Å². The smallest absolute Gasteiger partial charge is 0.0706 e. The molecule has 7 aromatic rings. The maximum Gasteiger partial charge on any atom is 0.0706 e. The highest BCUT2D eigenvalue weighted by molar-refractivity contribution is 6.11. The summed E-state index contributed by atoms with van der Waals surface area (Å²) in [4.78, 5) is 0. The van der Waals surface area contributed by atoms with Gasteiger partial charge in [0.1, 0.15) is 0 Å². The van der Waals surface area contributed by atoms with Gasteiger partial charge in [-0.3, -0.25) is 4.68 Å². The Labute approximate surface area is 197 Å². The molecule has 2 aromatic heterocycles. The summed E-state index contributed by atoms with van der Waals surface area (Å²) in [6, 6.07) is 41.0. The van der Waals surface area contributed by atoms with Crippen LogP contribution in [-0.4, -0.2) is 9.24 Å². The van der Waals surface area contributed by atoms with E-state index in [1.165, 1.54) is 49.4 Å². The second kappa shape index (κ2) is 7.26. The van der Waals surface area contributed by atoms with E-state index >= 15 is 0 Å². The van der Waals surface area contributed by atoms with E-state index in [9.17, 15) is 0 Å². The minimum atomic E-state index is 0.831. The second-order valence-electron chi connectivity index (χ2n) is 8.92. The van der Waals surface area contributed by atoms with E-state index in [0.29, 0.717) is 0 Å². The lowest BCUT2D eigenvalue weighted by Gasteiger charge is -2.12. The molecule has 0 fully saturated rings. The third-order valence-corrected chi connectivity index (χ3v) is 6.96. The summed E-state index contributed by atoms with van der Waals surface area (Å²) in [5.74, 6) is 6.49. The van der Waals surface area contributed by atoms with Gasteiger partial charge in [-0.1, -0.05) is 84.9 Å². The van der Waals surface area contributed by atoms with Crippen molar-refractivity contribution < 1.29 is 0 Å². The average Bonchev–Trinajstić information content (AvgIpc) is 3.38. The summed E-state index contributed by atoms with van der Waals surface area (Å²) in [5, 5.41) is 4.95. The maximum atomic E-state index is 6.49. The number of rotatable bonds is 3. The van der Waals surface area contributed by atoms with Gasteiger partial charge >= 0.3 is 0 Å². The summed E-state index contributed by atoms with van der Waals surface area (Å²) in [6.45, 7) is 0. The minimum absolute atomic E-state index is 0.831. The van der Waals surface area contributed by atoms with Crippen LogP contribution < -0.4 is 5.84 Å². The predicted molar refractivity (Wildman–Crippen MR) is 143 cm³/mol. The van der Waals surface area contributed by atoms with Gasteiger partial charge < -0.3 is 10.4 Å². The Morgan fingerprint density at radius 1 is 0.529 bits per heavy atom. The fourth-order valence-electron chi connectivity index (χ4n) is 5.45. The Morgan fingerprint density at radius 2 is 1.18 bits per heavy atom. The third kappa shape index (κ3) is 2.70. The molecule has 0 bridgehead atoms. The monoisotopic (exact) mass is 437 g/mol. The Balaban J connectivity index is 1.46. The van der Waals surface area contributed by atoms with Gasteiger partial charge in [0.05, 0.1) is 22.1 Å². The van der Waals surface area contributed by atoms with E-state index in [1.807, 2.05) is 10.7 Å². The zero-order valence-corrected chi connectivity index (χ0v) is 18.6. The standard InChI is InChI=1S/C31H23N3/c32-34-29-16-7-5-12-24(29)26-18-17-21(20-30(26)34)19-22-9-8-14-27-25-13-4-6-15-28(25)33(31(22)27)23-10-2-1-3-11-23/h1-18,20H,19,32H2. The molecule has 0 aliphatic heterocycles. The van der Waals surface area contributed by atoms with Gasteiger partial charge in [-0.2, -0.15) is 0 Å². The Hall–Kier alpha value is -4.50. The predicted octanol–water partition coefficient (Wildman–Crippen LogP) is 7.20. The quantitative estimate of drug-likeness (QED) is 0.292. The van der Waals surface area contributed by atoms with E-state index in [2.05, 4.69) is 114 Å². The Kier molecular flexibility index (Phi) is 4.06. The van der Waals surface area contributed by atoms with Crippen LogP contribution in [0.1, 0.15) is 11.1 Å². The number of fused-ring (bicyclic) bond motifs is 6. The van der Waals surface area contributed by atoms with Crippen molar-refractivity contribution in [1.82, 2.24) is 9.24 Å². The van der Waals surface area contributed by atoms with Crippen LogP contribution in [0.4, 0.5) is 0 Å². The van der Waals surface area contributed by atoms with E-state index in [1.54, 1.807) is 0 Å². The highest BCUT2D eigenvalue weighted by Crippen LogP contribution is 2.35. The SMILES string of the molecule is Nn1c2ccccc2c2ccc(Cc3cccc4c5ccccc5n(-c5ccccc5)c34)cc21. The number of benzene rings is 5. The second-order valence-corrected chi connectivity index (χ2v) is 8.92. The summed E-state index contributed by atoms with van der Waals surface area (Å²) in [5.41, 5.74) is 8.35. The molecule has 7 rings (SSSR count). The van der Waals surface area contributed by atoms with E-state index in [0.717, 1.165) is 17.5 Å². The van der Waals surface area contributed by atoms with Crippen molar-refractivity contribution in [3.63, 3.8) is 0 Å². The van der Waals surface area contributed by atoms with Crippen LogP contribution in [0.25, 0.3) is 49.3 Å². The molecule has 3 nitrogen and oxygen atoms in total. The highest BCUT2D eigenvalue weighted by Gasteiger charge is 2.16. The molecule has 5 aromatic carbocycles. The van der Waals surface area contributed by atoms with Crippen LogP contribution in [0.2, 0.25) is 0 Å². The van der Waals surface area contributed by atoms with E-state index in [-0.39, 0.29) is 0 Å². The molecule has 0 unspecified atom stereocenters. The largest absolute Gasteiger partial charge is 0.339 e. The number of nitrogens with two attached hydrogens (primary N) is 1. The molecule has 162 valence electrons. The molecule has 0 radical (unpaired) electrons. The van der Waals surface area contributed by atoms with Crippen LogP contribution in [-0.2, 0) is 6.42 Å². The molecule has 0 aliphatic carbocycles. The van der Waals surface area contributed by atoms with Crippen LogP contribution in [0.5, 0.6) is 0 Å². The maximum absolute atomic E-state index is 6.49. The van der Waals surface area contributed by atoms with Crippen LogP contribution in [0, 0.1) is 0 Å². The first-order valence-corrected chi connectivity index (χ1v) is 11.6. The zero-order chi connectivity index (χ0) is 22.6. The molecular weight excluding hydrogens is 414 g/mol. The number of hydrogen-bond donors (Lipinski definition) is 1. The summed E-state index contributed by atoms with van der Waals surface area (Å²) in [7, 11) is 0. The fraction of sp³-hybridized carbons (Fsp3) is 0.0323. The van der Waals surface area contributed by atoms with Crippen molar-refractivity contribution in [1.29, 1.82) is 0 Å². The highest BCUT2D eigenvalue weighted by atomic mass is 15.3. The van der Waals surface area contributed by atoms with Gasteiger partial charge in [0.15, 0.2) is 0 Å². The van der Waals surface area contributed by atoms with Crippen LogP contribution in [0.3, 0.4) is 0 Å². The molecule has 0 atom stereocenters. The fourth-order valence-corrected chi connectivity index (χ4v) is 5.45. The molecular formula is C31H23N3. The lowest BCUT2D eigenvalue weighted by atomic mass is 10.0. The molecule has 0 saturated carbocycles. The van der Waals surface area contributed by atoms with E-state index in [4.69, 9.17) is 5.84 Å². The normalized spacial score (nSPS) is 11.8. The molecule has 3 heteroatoms. The summed E-state index contributed by atoms with van der Waals surface area (Å²) in [6.07, 6.45) is 0.831. The first-order chi connectivity index (χ1) is 16.8. The van der Waals surface area contributed by atoms with Crippen molar-refractivity contribution in [2.75, 3.05) is 5.84 Å². The van der Waals surface area contributed by atoms with Crippen molar-refractivity contribution in [2.24, 2.45) is 0 Å². The molecule has 34 heavy (non-hydrogen) atoms. The average molecular weight is 438 g/mol. The molecule has 0 saturated heterocycles. The van der Waals surface area contributed by atoms with Gasteiger partial charge in [0.25, 0.3) is 0 Å². The number of nitrogens with zero attached hydrogens (tertiary/aromatic N) is 2. The molecule has 2 N–H and O–H groups in total. The van der Waals surface area contributed by atoms with E-state index < -0.39 is 0 Å². The first-order valence-electron chi connectivity index (χ1n) is 11.6. The lowest BCUT2D eigenvalue weighted by molar-refractivity contribution is 1.11. The number of para-hydroxylation sites is 4. The minimum Gasteiger partial charge on any atom is -0.339 e. The van der Waals surface area contributed by atoms with Gasteiger partial charge in [0.2, 0.25) is 0 Å². The van der Waals surface area contributed by atoms with Crippen molar-refractivity contribution in [3.05, 3.63) is 126 Å². The van der Waals surface area contributed by atoms with Gasteiger partial charge in [-0.05, 0) is 47.9 Å². The van der Waals surface area contributed by atoms with Gasteiger partial charge in [0, 0.05) is 27.2 Å². The lowest BCUT2D eigenvalue weighted by Crippen LogP contribution is -2.07. The molecule has 0 spiro atoms. The Morgan fingerprint density at radius 3 is 2.00 bits per heavy atom. The molecule has 0 amide bonds. The van der Waals surface area contributed by atoms with Crippen LogP contribution >= 0.6 is 0 Å². The summed E-state index contributed by atoms with van der Waals surface area (Å²) >= 11 is 0. The van der Waals surface area contributed by atoms with Gasteiger partial charge in [-0.15, -0.1) is 0 Å². The number of hydrogen-bond acceptors (Lipinski definition) is 1. The molecule has 2 heterocycles. The summed E-state index contributed by atoms with van der Waals surface area (Å²) < 4.78 is 4.22. The van der Waals surface area contributed by atoms with Gasteiger partial charge in [-0.25, -0.2) is 0 Å². The molecule has 0 aliphatic rings.